The van der Waals surface area contributed by atoms with Crippen molar-refractivity contribution in [2.24, 2.45) is 0 Å². The van der Waals surface area contributed by atoms with Gasteiger partial charge in [0, 0.05) is 6.08 Å². The Hall–Kier alpha value is -0.880. The monoisotopic (exact) mass is 222 g/mol. The molecule has 0 aliphatic carbocycles. The lowest BCUT2D eigenvalue weighted by Gasteiger charge is -2.02. The molecule has 14 heavy (non-hydrogen) atoms. The lowest BCUT2D eigenvalue weighted by molar-refractivity contribution is -0.137. The predicted molar refractivity (Wildman–Crippen MR) is 51.2 cm³/mol. The van der Waals surface area contributed by atoms with Gasteiger partial charge in [-0.25, -0.2) is 4.79 Å². The third-order valence-corrected chi connectivity index (χ3v) is 2.75. The van der Waals surface area contributed by atoms with Gasteiger partial charge in [0.2, 0.25) is 0 Å². The highest BCUT2D eigenvalue weighted by molar-refractivity contribution is 7.86. The number of rotatable bonds is 7. The summed E-state index contributed by atoms with van der Waals surface area (Å²) in [6.45, 7) is 3.42. The van der Waals surface area contributed by atoms with Crippen LogP contribution in [0.4, 0.5) is 0 Å². The van der Waals surface area contributed by atoms with Gasteiger partial charge in [-0.05, 0) is 12.8 Å². The van der Waals surface area contributed by atoms with Gasteiger partial charge in [-0.2, -0.15) is 8.42 Å². The fourth-order valence-electron chi connectivity index (χ4n) is 0.696. The molecule has 0 saturated carbocycles. The smallest absolute Gasteiger partial charge is 0.330 e. The van der Waals surface area contributed by atoms with E-state index in [2.05, 4.69) is 15.5 Å². The van der Waals surface area contributed by atoms with Crippen LogP contribution in [0, 0.1) is 0 Å². The van der Waals surface area contributed by atoms with Gasteiger partial charge in [0.25, 0.3) is 10.1 Å². The summed E-state index contributed by atoms with van der Waals surface area (Å²) in [5.41, 5.74) is 0. The van der Waals surface area contributed by atoms with E-state index in [1.165, 1.54) is 0 Å². The number of esters is 1. The number of carbonyl (C=O) groups is 1. The Morgan fingerprint density at radius 2 is 2.07 bits per heavy atom. The van der Waals surface area contributed by atoms with Crippen LogP contribution in [0.3, 0.4) is 0 Å². The Morgan fingerprint density at radius 1 is 1.43 bits per heavy atom. The standard InChI is InChI=1S/C8H14O5S/c1-3-8(9)13-6-4-5-7-14(10,11)12-2/h3H,1,4-7H2,2H3. The van der Waals surface area contributed by atoms with E-state index in [1.807, 2.05) is 0 Å². The maximum absolute atomic E-state index is 10.8. The molecular weight excluding hydrogens is 208 g/mol. The van der Waals surface area contributed by atoms with Crippen LogP contribution in [0.15, 0.2) is 12.7 Å². The quantitative estimate of drug-likeness (QED) is 0.271. The van der Waals surface area contributed by atoms with Crippen LogP contribution in [0.2, 0.25) is 0 Å². The third-order valence-electron chi connectivity index (χ3n) is 1.45. The Bertz CT molecular complexity index is 280. The van der Waals surface area contributed by atoms with Crippen LogP contribution in [-0.2, 0) is 23.8 Å². The van der Waals surface area contributed by atoms with Crippen molar-refractivity contribution in [3.8, 4) is 0 Å². The predicted octanol–water partition coefficient (Wildman–Crippen LogP) is 0.472. The fraction of sp³-hybridized carbons (Fsp3) is 0.625. The zero-order valence-corrected chi connectivity index (χ0v) is 8.88. The summed E-state index contributed by atoms with van der Waals surface area (Å²) in [6, 6.07) is 0. The summed E-state index contributed by atoms with van der Waals surface area (Å²) < 4.78 is 30.5. The molecule has 0 bridgehead atoms. The Kier molecular flexibility index (Phi) is 6.14. The maximum atomic E-state index is 10.8. The largest absolute Gasteiger partial charge is 0.463 e. The summed E-state index contributed by atoms with van der Waals surface area (Å²) in [7, 11) is -2.27. The number of ether oxygens (including phenoxy) is 1. The molecule has 6 heteroatoms. The SMILES string of the molecule is C=CC(=O)OCCCCS(=O)(=O)OC. The van der Waals surface area contributed by atoms with E-state index < -0.39 is 16.1 Å². The van der Waals surface area contributed by atoms with Crippen molar-refractivity contribution < 1.29 is 22.1 Å². The molecule has 0 aromatic carbocycles. The van der Waals surface area contributed by atoms with E-state index in [0.717, 1.165) is 13.2 Å². The number of hydrogen-bond donors (Lipinski definition) is 0. The van der Waals surface area contributed by atoms with Crippen molar-refractivity contribution in [1.29, 1.82) is 0 Å². The first-order valence-corrected chi connectivity index (χ1v) is 5.67. The second kappa shape index (κ2) is 6.56. The van der Waals surface area contributed by atoms with Gasteiger partial charge in [0.15, 0.2) is 0 Å². The summed E-state index contributed by atoms with van der Waals surface area (Å²) in [5.74, 6) is -0.561. The Labute approximate surface area is 83.8 Å². The van der Waals surface area contributed by atoms with E-state index in [1.54, 1.807) is 0 Å². The topological polar surface area (TPSA) is 69.7 Å². The normalized spacial score (nSPS) is 10.9. The highest BCUT2D eigenvalue weighted by atomic mass is 32.2. The minimum absolute atomic E-state index is 0.0604. The third kappa shape index (κ3) is 6.62. The van der Waals surface area contributed by atoms with Crippen LogP contribution in [-0.4, -0.2) is 33.9 Å². The van der Waals surface area contributed by atoms with Crippen LogP contribution in [0.25, 0.3) is 0 Å². The van der Waals surface area contributed by atoms with E-state index in [0.29, 0.717) is 12.8 Å². The first kappa shape index (κ1) is 13.1. The van der Waals surface area contributed by atoms with E-state index in [9.17, 15) is 13.2 Å². The summed E-state index contributed by atoms with van der Waals surface area (Å²) in [4.78, 5) is 10.5. The molecule has 0 unspecified atom stereocenters. The van der Waals surface area contributed by atoms with Gasteiger partial charge in [0.05, 0.1) is 19.5 Å². The second-order valence-electron chi connectivity index (χ2n) is 2.51. The van der Waals surface area contributed by atoms with Crippen molar-refractivity contribution >= 4 is 16.1 Å². The summed E-state index contributed by atoms with van der Waals surface area (Å²) >= 11 is 0. The molecule has 0 aliphatic heterocycles. The highest BCUT2D eigenvalue weighted by Gasteiger charge is 2.07. The molecule has 0 atom stereocenters. The molecule has 0 radical (unpaired) electrons. The first-order valence-electron chi connectivity index (χ1n) is 4.09. The van der Waals surface area contributed by atoms with E-state index in [4.69, 9.17) is 0 Å². The van der Waals surface area contributed by atoms with Crippen molar-refractivity contribution in [2.45, 2.75) is 12.8 Å². The zero-order valence-electron chi connectivity index (χ0n) is 8.06. The van der Waals surface area contributed by atoms with Gasteiger partial charge in [-0.3, -0.25) is 4.18 Å². The fourth-order valence-corrected chi connectivity index (χ4v) is 1.42. The summed E-state index contributed by atoms with van der Waals surface area (Å²) in [5, 5.41) is 0. The molecular formula is C8H14O5S. The molecule has 0 N–H and O–H groups in total. The van der Waals surface area contributed by atoms with Crippen molar-refractivity contribution in [1.82, 2.24) is 0 Å². The van der Waals surface area contributed by atoms with Crippen LogP contribution in [0.5, 0.6) is 0 Å². The molecule has 0 fully saturated rings. The lowest BCUT2D eigenvalue weighted by Crippen LogP contribution is -2.09. The van der Waals surface area contributed by atoms with Gasteiger partial charge >= 0.3 is 5.97 Å². The number of hydrogen-bond acceptors (Lipinski definition) is 5. The average molecular weight is 222 g/mol. The maximum Gasteiger partial charge on any atom is 0.330 e. The molecule has 0 saturated heterocycles. The molecule has 0 aromatic heterocycles. The van der Waals surface area contributed by atoms with Crippen LogP contribution >= 0.6 is 0 Å². The Morgan fingerprint density at radius 3 is 2.57 bits per heavy atom. The van der Waals surface area contributed by atoms with Gasteiger partial charge in [0.1, 0.15) is 0 Å². The molecule has 0 aromatic rings. The average Bonchev–Trinajstić information content (AvgIpc) is 2.17. The van der Waals surface area contributed by atoms with Gasteiger partial charge in [-0.1, -0.05) is 6.58 Å². The Balaban J connectivity index is 3.48. The second-order valence-corrected chi connectivity index (χ2v) is 4.36. The van der Waals surface area contributed by atoms with Crippen molar-refractivity contribution in [3.63, 3.8) is 0 Å². The lowest BCUT2D eigenvalue weighted by atomic mass is 10.4. The molecule has 0 aliphatic rings. The van der Waals surface area contributed by atoms with Crippen molar-refractivity contribution in [3.05, 3.63) is 12.7 Å². The van der Waals surface area contributed by atoms with Crippen molar-refractivity contribution in [2.75, 3.05) is 19.5 Å². The number of unbranched alkanes of at least 4 members (excludes halogenated alkanes) is 1. The van der Waals surface area contributed by atoms with Gasteiger partial charge < -0.3 is 4.74 Å². The van der Waals surface area contributed by atoms with Crippen LogP contribution < -0.4 is 0 Å². The minimum Gasteiger partial charge on any atom is -0.463 e. The molecule has 0 amide bonds. The molecule has 5 nitrogen and oxygen atoms in total. The van der Waals surface area contributed by atoms with Crippen LogP contribution in [0.1, 0.15) is 12.8 Å². The molecule has 0 rings (SSSR count). The zero-order chi connectivity index (χ0) is 11.0. The van der Waals surface area contributed by atoms with E-state index >= 15 is 0 Å². The van der Waals surface area contributed by atoms with E-state index in [-0.39, 0.29) is 12.4 Å². The number of carbonyl (C=O) groups excluding carboxylic acids is 1. The highest BCUT2D eigenvalue weighted by Crippen LogP contribution is 1.98. The molecule has 82 valence electrons. The molecule has 0 spiro atoms. The first-order chi connectivity index (χ1) is 6.52. The molecule has 0 heterocycles. The van der Waals surface area contributed by atoms with Gasteiger partial charge in [-0.15, -0.1) is 0 Å². The minimum atomic E-state index is -3.39. The summed E-state index contributed by atoms with van der Waals surface area (Å²) in [6.07, 6.45) is 1.95.